The van der Waals surface area contributed by atoms with E-state index in [9.17, 15) is 4.79 Å². The Hall–Kier alpha value is -1.24. The van der Waals surface area contributed by atoms with Crippen LogP contribution in [0, 0.1) is 5.92 Å². The summed E-state index contributed by atoms with van der Waals surface area (Å²) < 4.78 is 23.8. The number of methoxy groups -OCH3 is 1. The van der Waals surface area contributed by atoms with Gasteiger partial charge < -0.3 is 18.9 Å². The maximum absolute atomic E-state index is 13.2. The molecule has 3 atom stereocenters. The monoisotopic (exact) mass is 370 g/mol. The first-order valence-corrected chi connectivity index (χ1v) is 9.63. The minimum Gasteiger partial charge on any atom is -0.491 e. The number of Topliss-reactive ketones (excluding diaryl/α,β-unsaturated/α-hetero) is 1. The Morgan fingerprint density at radius 2 is 1.81 bits per heavy atom. The van der Waals surface area contributed by atoms with Gasteiger partial charge in [-0.1, -0.05) is 18.2 Å². The molecule has 8 heteroatoms. The second-order valence-corrected chi connectivity index (χ2v) is 9.10. The molecule has 0 N–H and O–H groups in total. The summed E-state index contributed by atoms with van der Waals surface area (Å²) in [5.41, 5.74) is -1.93. The molecule has 0 amide bonds. The van der Waals surface area contributed by atoms with Crippen LogP contribution < -0.4 is 4.74 Å². The number of ketones is 1. The standard InChI is InChI=1S/C19H29B3O5/c1-16(2,26-10-9-25-13-7-5-4-6-8-13)14-17(12-27-17)11-18(20,21)15(23)19(14,22)24-3/h4-8,14H,9-12,20-22H2,1-3H3/t14-,17+,19+/m1/s1. The summed E-state index contributed by atoms with van der Waals surface area (Å²) in [6.07, 6.45) is 0.690. The number of rotatable bonds is 7. The van der Waals surface area contributed by atoms with E-state index in [1.54, 1.807) is 7.11 Å². The first-order chi connectivity index (χ1) is 12.6. The Bertz CT molecular complexity index is 690. The molecule has 1 aromatic carbocycles. The first kappa shape index (κ1) is 20.5. The minimum absolute atomic E-state index is 0.112. The summed E-state index contributed by atoms with van der Waals surface area (Å²) in [7, 11) is 7.45. The molecule has 0 bridgehead atoms. The van der Waals surface area contributed by atoms with Gasteiger partial charge in [0.25, 0.3) is 0 Å². The molecular formula is C19H29B3O5. The highest BCUT2D eigenvalue weighted by Gasteiger charge is 2.71. The van der Waals surface area contributed by atoms with Crippen LogP contribution in [0.4, 0.5) is 0 Å². The number of hydrogen-bond acceptors (Lipinski definition) is 5. The molecule has 0 radical (unpaired) electrons. The molecule has 1 aliphatic carbocycles. The zero-order valence-corrected chi connectivity index (χ0v) is 17.3. The fourth-order valence-corrected chi connectivity index (χ4v) is 5.17. The SMILES string of the molecule is BC1(B)C[C@]2(CO2)[C@@H](C(C)(C)OCCOc2ccccc2)[C@](B)(OC)C1=O. The summed E-state index contributed by atoms with van der Waals surface area (Å²) in [6.45, 7) is 5.54. The second-order valence-electron chi connectivity index (χ2n) is 9.10. The number of carbonyl (C=O) groups excluding carboxylic acids is 1. The lowest BCUT2D eigenvalue weighted by Crippen LogP contribution is -2.68. The highest BCUT2D eigenvalue weighted by atomic mass is 16.6. The number of epoxide rings is 1. The molecular weight excluding hydrogens is 341 g/mol. The van der Waals surface area contributed by atoms with Gasteiger partial charge >= 0.3 is 0 Å². The lowest BCUT2D eigenvalue weighted by atomic mass is 9.37. The van der Waals surface area contributed by atoms with Gasteiger partial charge in [-0.05, 0) is 37.6 Å². The van der Waals surface area contributed by atoms with Crippen LogP contribution >= 0.6 is 0 Å². The Labute approximate surface area is 164 Å². The maximum atomic E-state index is 13.2. The molecule has 1 heterocycles. The van der Waals surface area contributed by atoms with Crippen LogP contribution in [0.3, 0.4) is 0 Å². The molecule has 144 valence electrons. The van der Waals surface area contributed by atoms with E-state index in [2.05, 4.69) is 0 Å². The molecule has 1 saturated carbocycles. The van der Waals surface area contributed by atoms with E-state index in [1.807, 2.05) is 67.7 Å². The molecule has 1 aromatic rings. The predicted octanol–water partition coefficient (Wildman–Crippen LogP) is -0.423. The molecule has 2 fully saturated rings. The summed E-state index contributed by atoms with van der Waals surface area (Å²) in [5.74, 6) is 0.734. The smallest absolute Gasteiger partial charge is 0.153 e. The molecule has 5 nitrogen and oxygen atoms in total. The molecule has 0 aromatic heterocycles. The minimum atomic E-state index is -0.956. The van der Waals surface area contributed by atoms with Crippen molar-refractivity contribution in [2.75, 3.05) is 26.9 Å². The van der Waals surface area contributed by atoms with Crippen molar-refractivity contribution in [2.24, 2.45) is 5.92 Å². The average molecular weight is 370 g/mol. The largest absolute Gasteiger partial charge is 0.491 e. The van der Waals surface area contributed by atoms with Crippen molar-refractivity contribution in [3.63, 3.8) is 0 Å². The van der Waals surface area contributed by atoms with E-state index in [4.69, 9.17) is 18.9 Å². The third-order valence-electron chi connectivity index (χ3n) is 6.09. The highest BCUT2D eigenvalue weighted by molar-refractivity contribution is 6.55. The molecule has 1 spiro atoms. The van der Waals surface area contributed by atoms with E-state index >= 15 is 0 Å². The Kier molecular flexibility index (Phi) is 5.30. The lowest BCUT2D eigenvalue weighted by Gasteiger charge is -2.54. The van der Waals surface area contributed by atoms with Crippen LogP contribution in [-0.2, 0) is 19.0 Å². The molecule has 3 rings (SSSR count). The van der Waals surface area contributed by atoms with Crippen LogP contribution in [0.1, 0.15) is 20.3 Å². The van der Waals surface area contributed by atoms with Crippen LogP contribution in [0.2, 0.25) is 5.21 Å². The van der Waals surface area contributed by atoms with Crippen molar-refractivity contribution in [3.05, 3.63) is 30.3 Å². The van der Waals surface area contributed by atoms with Gasteiger partial charge in [-0.2, -0.15) is 0 Å². The second kappa shape index (κ2) is 6.98. The van der Waals surface area contributed by atoms with Crippen LogP contribution in [0.15, 0.2) is 30.3 Å². The van der Waals surface area contributed by atoms with E-state index < -0.39 is 16.3 Å². The van der Waals surface area contributed by atoms with Gasteiger partial charge in [-0.3, -0.25) is 4.79 Å². The number of ether oxygens (including phenoxy) is 4. The molecule has 1 aliphatic heterocycles. The van der Waals surface area contributed by atoms with Crippen LogP contribution in [0.5, 0.6) is 5.75 Å². The summed E-state index contributed by atoms with van der Waals surface area (Å²) in [5, 5.41) is -0.482. The lowest BCUT2D eigenvalue weighted by molar-refractivity contribution is -0.177. The van der Waals surface area contributed by atoms with Gasteiger partial charge in [-0.25, -0.2) is 0 Å². The third kappa shape index (κ3) is 3.72. The van der Waals surface area contributed by atoms with Gasteiger partial charge in [0.15, 0.2) is 7.85 Å². The Morgan fingerprint density at radius 1 is 1.19 bits per heavy atom. The Balaban J connectivity index is 1.72. The predicted molar refractivity (Wildman–Crippen MR) is 112 cm³/mol. The highest BCUT2D eigenvalue weighted by Crippen LogP contribution is 2.59. The van der Waals surface area contributed by atoms with Crippen molar-refractivity contribution < 1.29 is 23.7 Å². The van der Waals surface area contributed by atoms with Crippen molar-refractivity contribution in [1.29, 1.82) is 0 Å². The molecule has 1 saturated heterocycles. The number of benzene rings is 1. The van der Waals surface area contributed by atoms with Crippen LogP contribution in [0.25, 0.3) is 0 Å². The topological polar surface area (TPSA) is 57.3 Å². The number of hydrogen-bond donors (Lipinski definition) is 0. The van der Waals surface area contributed by atoms with Gasteiger partial charge in [-0.15, -0.1) is 0 Å². The normalized spacial score (nSPS) is 32.4. The quantitative estimate of drug-likeness (QED) is 0.371. The van der Waals surface area contributed by atoms with Crippen LogP contribution in [-0.4, -0.2) is 73.0 Å². The number of para-hydroxylation sites is 1. The average Bonchev–Trinajstić information content (AvgIpc) is 3.36. The molecule has 2 aliphatic rings. The van der Waals surface area contributed by atoms with E-state index in [1.165, 1.54) is 0 Å². The van der Waals surface area contributed by atoms with Gasteiger partial charge in [0, 0.05) is 13.0 Å². The Morgan fingerprint density at radius 3 is 2.37 bits per heavy atom. The number of carbonyl (C=O) groups is 1. The summed E-state index contributed by atoms with van der Waals surface area (Å²) in [4.78, 5) is 13.2. The van der Waals surface area contributed by atoms with Crippen molar-refractivity contribution in [1.82, 2.24) is 0 Å². The van der Waals surface area contributed by atoms with Gasteiger partial charge in [0.1, 0.15) is 33.8 Å². The molecule has 27 heavy (non-hydrogen) atoms. The van der Waals surface area contributed by atoms with Crippen molar-refractivity contribution >= 4 is 29.3 Å². The van der Waals surface area contributed by atoms with E-state index in [-0.39, 0.29) is 17.3 Å². The van der Waals surface area contributed by atoms with Gasteiger partial charge in [0.2, 0.25) is 0 Å². The van der Waals surface area contributed by atoms with E-state index in [0.717, 1.165) is 5.75 Å². The first-order valence-electron chi connectivity index (χ1n) is 9.63. The summed E-state index contributed by atoms with van der Waals surface area (Å²) in [6, 6.07) is 9.67. The third-order valence-corrected chi connectivity index (χ3v) is 6.09. The fraction of sp³-hybridized carbons (Fsp3) is 0.632. The van der Waals surface area contributed by atoms with Crippen molar-refractivity contribution in [2.45, 2.75) is 42.2 Å². The van der Waals surface area contributed by atoms with Crippen molar-refractivity contribution in [3.8, 4) is 5.75 Å². The fourth-order valence-electron chi connectivity index (χ4n) is 5.17. The molecule has 0 unspecified atom stereocenters. The zero-order chi connectivity index (χ0) is 19.9. The maximum Gasteiger partial charge on any atom is 0.153 e. The zero-order valence-electron chi connectivity index (χ0n) is 17.3. The van der Waals surface area contributed by atoms with E-state index in [0.29, 0.717) is 26.2 Å². The summed E-state index contributed by atoms with van der Waals surface area (Å²) >= 11 is 0. The van der Waals surface area contributed by atoms with Gasteiger partial charge in [0.05, 0.1) is 29.9 Å².